The lowest BCUT2D eigenvalue weighted by atomic mass is 9.99. The molecule has 2 aliphatic heterocycles. The second-order valence-corrected chi connectivity index (χ2v) is 7.15. The van der Waals surface area contributed by atoms with Gasteiger partial charge in [-0.2, -0.15) is 5.26 Å². The van der Waals surface area contributed by atoms with E-state index in [-0.39, 0.29) is 0 Å². The van der Waals surface area contributed by atoms with E-state index in [1.54, 1.807) is 17.3 Å². The van der Waals surface area contributed by atoms with Crippen molar-refractivity contribution in [3.05, 3.63) is 40.0 Å². The number of piperidine rings is 1. The second kappa shape index (κ2) is 6.26. The maximum atomic E-state index is 9.19. The average molecular weight is 325 g/mol. The van der Waals surface area contributed by atoms with E-state index in [0.29, 0.717) is 11.7 Å². The molecule has 0 bridgehead atoms. The van der Waals surface area contributed by atoms with Gasteiger partial charge in [-0.3, -0.25) is 4.90 Å². The Labute approximate surface area is 140 Å². The number of rotatable bonds is 2. The molecule has 0 unspecified atom stereocenters. The minimum atomic E-state index is 0.437. The van der Waals surface area contributed by atoms with Gasteiger partial charge in [-0.05, 0) is 36.3 Å². The molecule has 0 amide bonds. The third-order valence-corrected chi connectivity index (χ3v) is 5.93. The fourth-order valence-electron chi connectivity index (χ4n) is 3.67. The quantitative estimate of drug-likeness (QED) is 0.849. The van der Waals surface area contributed by atoms with E-state index in [2.05, 4.69) is 37.3 Å². The first-order valence-electron chi connectivity index (χ1n) is 8.10. The van der Waals surface area contributed by atoms with Crippen LogP contribution >= 0.6 is 11.3 Å². The number of thiophene rings is 1. The van der Waals surface area contributed by atoms with E-state index in [0.717, 1.165) is 38.3 Å². The van der Waals surface area contributed by atoms with Crippen LogP contribution in [0.15, 0.2) is 23.8 Å². The Morgan fingerprint density at radius 1 is 1.17 bits per heavy atom. The fourth-order valence-corrected chi connectivity index (χ4v) is 4.56. The number of fused-ring (bicyclic) bond motifs is 1. The number of hydrogen-bond donors (Lipinski definition) is 0. The Morgan fingerprint density at radius 3 is 2.83 bits per heavy atom. The molecular weight excluding hydrogens is 306 g/mol. The molecule has 0 radical (unpaired) electrons. The third kappa shape index (κ3) is 2.82. The molecular formula is C17H19N5S. The normalized spacial score (nSPS) is 19.3. The summed E-state index contributed by atoms with van der Waals surface area (Å²) in [5, 5.41) is 11.4. The summed E-state index contributed by atoms with van der Waals surface area (Å²) in [7, 11) is 0. The van der Waals surface area contributed by atoms with Gasteiger partial charge in [0.1, 0.15) is 6.07 Å². The van der Waals surface area contributed by atoms with Crippen LogP contribution in [-0.4, -0.2) is 40.5 Å². The van der Waals surface area contributed by atoms with Gasteiger partial charge in [0, 0.05) is 49.5 Å². The molecule has 1 saturated heterocycles. The van der Waals surface area contributed by atoms with Gasteiger partial charge in [0.05, 0.1) is 0 Å². The molecule has 118 valence electrons. The zero-order valence-electron chi connectivity index (χ0n) is 13.0. The highest BCUT2D eigenvalue weighted by atomic mass is 32.1. The Morgan fingerprint density at radius 2 is 2.00 bits per heavy atom. The van der Waals surface area contributed by atoms with Crippen LogP contribution in [0.4, 0.5) is 5.82 Å². The molecule has 0 N–H and O–H groups in total. The molecule has 6 heteroatoms. The molecule has 23 heavy (non-hydrogen) atoms. The van der Waals surface area contributed by atoms with Gasteiger partial charge < -0.3 is 4.90 Å². The zero-order valence-corrected chi connectivity index (χ0v) is 13.8. The van der Waals surface area contributed by atoms with Crippen molar-refractivity contribution in [2.45, 2.75) is 31.8 Å². The molecule has 1 fully saturated rings. The van der Waals surface area contributed by atoms with Gasteiger partial charge in [-0.1, -0.05) is 0 Å². The minimum Gasteiger partial charge on any atom is -0.354 e. The highest BCUT2D eigenvalue weighted by Gasteiger charge is 2.28. The highest BCUT2D eigenvalue weighted by molar-refractivity contribution is 7.10. The number of hydrogen-bond acceptors (Lipinski definition) is 6. The van der Waals surface area contributed by atoms with Gasteiger partial charge in [-0.15, -0.1) is 11.3 Å². The first kappa shape index (κ1) is 14.6. The predicted octanol–water partition coefficient (Wildman–Crippen LogP) is 2.44. The molecule has 2 aromatic rings. The van der Waals surface area contributed by atoms with Crippen molar-refractivity contribution >= 4 is 17.2 Å². The van der Waals surface area contributed by atoms with Crippen molar-refractivity contribution in [1.29, 1.82) is 5.26 Å². The Balaban J connectivity index is 1.41. The molecule has 0 aliphatic carbocycles. The predicted molar refractivity (Wildman–Crippen MR) is 90.4 cm³/mol. The van der Waals surface area contributed by atoms with E-state index in [4.69, 9.17) is 0 Å². The second-order valence-electron chi connectivity index (χ2n) is 6.15. The molecule has 4 rings (SSSR count). The van der Waals surface area contributed by atoms with Crippen LogP contribution in [0.2, 0.25) is 0 Å². The maximum absolute atomic E-state index is 9.19. The lowest BCUT2D eigenvalue weighted by Gasteiger charge is -2.40. The van der Waals surface area contributed by atoms with Crippen LogP contribution in [0.1, 0.15) is 29.0 Å². The Bertz CT molecular complexity index is 727. The van der Waals surface area contributed by atoms with Crippen LogP contribution in [0.5, 0.6) is 0 Å². The monoisotopic (exact) mass is 325 g/mol. The summed E-state index contributed by atoms with van der Waals surface area (Å²) in [5.74, 6) is 0.743. The zero-order chi connectivity index (χ0) is 15.6. The van der Waals surface area contributed by atoms with Crippen molar-refractivity contribution in [2.24, 2.45) is 0 Å². The van der Waals surface area contributed by atoms with Gasteiger partial charge in [0.15, 0.2) is 11.5 Å². The van der Waals surface area contributed by atoms with Crippen LogP contribution in [0, 0.1) is 11.3 Å². The van der Waals surface area contributed by atoms with Gasteiger partial charge in [0.25, 0.3) is 0 Å². The number of anilines is 1. The molecule has 0 aromatic carbocycles. The van der Waals surface area contributed by atoms with E-state index in [9.17, 15) is 5.26 Å². The van der Waals surface area contributed by atoms with Crippen LogP contribution in [0.3, 0.4) is 0 Å². The topological polar surface area (TPSA) is 56.1 Å². The molecule has 5 nitrogen and oxygen atoms in total. The summed E-state index contributed by atoms with van der Waals surface area (Å²) in [6.07, 6.45) is 6.70. The van der Waals surface area contributed by atoms with Crippen LogP contribution in [0.25, 0.3) is 0 Å². The SMILES string of the molecule is N#Cc1nccnc1N1CCC(N2CCc3sccc3C2)CC1. The van der Waals surface area contributed by atoms with E-state index in [1.807, 2.05) is 11.3 Å². The van der Waals surface area contributed by atoms with Crippen molar-refractivity contribution in [2.75, 3.05) is 24.5 Å². The largest absolute Gasteiger partial charge is 0.354 e. The average Bonchev–Trinajstić information content (AvgIpc) is 3.09. The summed E-state index contributed by atoms with van der Waals surface area (Å²) in [6.45, 7) is 4.17. The smallest absolute Gasteiger partial charge is 0.183 e. The maximum Gasteiger partial charge on any atom is 0.183 e. The standard InChI is InChI=1S/C17H19N5S/c18-11-15-17(20-6-5-19-15)21-7-1-14(2-8-21)22-9-3-16-13(12-22)4-10-23-16/h4-6,10,14H,1-3,7-9,12H2. The summed E-state index contributed by atoms with van der Waals surface area (Å²) in [5.41, 5.74) is 1.95. The summed E-state index contributed by atoms with van der Waals surface area (Å²) >= 11 is 1.90. The van der Waals surface area contributed by atoms with Crippen molar-refractivity contribution < 1.29 is 0 Å². The summed E-state index contributed by atoms with van der Waals surface area (Å²) in [4.78, 5) is 14.9. The summed E-state index contributed by atoms with van der Waals surface area (Å²) in [6, 6.07) is 5.07. The van der Waals surface area contributed by atoms with Gasteiger partial charge >= 0.3 is 0 Å². The molecule has 0 atom stereocenters. The van der Waals surface area contributed by atoms with Crippen LogP contribution in [-0.2, 0) is 13.0 Å². The highest BCUT2D eigenvalue weighted by Crippen LogP contribution is 2.29. The number of nitriles is 1. The third-order valence-electron chi connectivity index (χ3n) is 4.90. The number of aromatic nitrogens is 2. The molecule has 4 heterocycles. The first-order chi connectivity index (χ1) is 11.3. The van der Waals surface area contributed by atoms with Crippen molar-refractivity contribution in [3.8, 4) is 6.07 Å². The van der Waals surface area contributed by atoms with E-state index >= 15 is 0 Å². The number of nitrogens with zero attached hydrogens (tertiary/aromatic N) is 5. The molecule has 2 aromatic heterocycles. The van der Waals surface area contributed by atoms with E-state index in [1.165, 1.54) is 18.5 Å². The van der Waals surface area contributed by atoms with Crippen LogP contribution < -0.4 is 4.90 Å². The molecule has 0 saturated carbocycles. The van der Waals surface area contributed by atoms with Crippen molar-refractivity contribution in [1.82, 2.24) is 14.9 Å². The van der Waals surface area contributed by atoms with Gasteiger partial charge in [-0.25, -0.2) is 9.97 Å². The lowest BCUT2D eigenvalue weighted by Crippen LogP contribution is -2.46. The first-order valence-corrected chi connectivity index (χ1v) is 8.98. The molecule has 0 spiro atoms. The molecule has 2 aliphatic rings. The van der Waals surface area contributed by atoms with Crippen molar-refractivity contribution in [3.63, 3.8) is 0 Å². The van der Waals surface area contributed by atoms with E-state index < -0.39 is 0 Å². The Kier molecular flexibility index (Phi) is 3.98. The van der Waals surface area contributed by atoms with Gasteiger partial charge in [0.2, 0.25) is 0 Å². The minimum absolute atomic E-state index is 0.437. The fraction of sp³-hybridized carbons (Fsp3) is 0.471. The summed E-state index contributed by atoms with van der Waals surface area (Å²) < 4.78 is 0. The lowest BCUT2D eigenvalue weighted by molar-refractivity contribution is 0.154. The Hall–Kier alpha value is -1.97.